The first-order valence-electron chi connectivity index (χ1n) is 11.0. The van der Waals surface area contributed by atoms with Crippen molar-refractivity contribution < 1.29 is 41.7 Å². The third kappa shape index (κ3) is 6.25. The van der Waals surface area contributed by atoms with E-state index in [-0.39, 0.29) is 36.5 Å². The molecule has 1 atom stereocenters. The molecule has 202 valence electrons. The number of carboxylic acid groups (broad SMARTS) is 1. The minimum Gasteiger partial charge on any atom is -0.479 e. The minimum atomic E-state index is -4.93. The molecule has 0 saturated heterocycles. The van der Waals surface area contributed by atoms with E-state index in [0.717, 1.165) is 12.1 Å². The molecule has 1 aromatic heterocycles. The highest BCUT2D eigenvalue weighted by atomic mass is 19.4. The molecule has 1 amide bonds. The van der Waals surface area contributed by atoms with Crippen LogP contribution in [0.15, 0.2) is 42.5 Å². The lowest BCUT2D eigenvalue weighted by atomic mass is 9.88. The fourth-order valence-electron chi connectivity index (χ4n) is 3.57. The maximum absolute atomic E-state index is 14.1. The number of nitrogens with zero attached hydrogens (tertiary/aromatic N) is 3. The number of carbonyl (C=O) groups is 2. The maximum Gasteiger partial charge on any atom is 0.417 e. The highest BCUT2D eigenvalue weighted by molar-refractivity contribution is 6.05. The largest absolute Gasteiger partial charge is 0.479 e. The number of hydrogen-bond acceptors (Lipinski definition) is 8. The number of ether oxygens (including phenoxy) is 2. The number of aliphatic carboxylic acids is 1. The number of anilines is 2. The van der Waals surface area contributed by atoms with E-state index in [4.69, 9.17) is 9.47 Å². The van der Waals surface area contributed by atoms with E-state index in [1.54, 1.807) is 6.92 Å². The van der Waals surface area contributed by atoms with Gasteiger partial charge in [-0.25, -0.2) is 9.18 Å². The van der Waals surface area contributed by atoms with E-state index in [2.05, 4.69) is 25.6 Å². The summed E-state index contributed by atoms with van der Waals surface area (Å²) in [4.78, 5) is 36.7. The van der Waals surface area contributed by atoms with Gasteiger partial charge in [0, 0.05) is 12.1 Å². The second kappa shape index (κ2) is 11.3. The molecule has 3 N–H and O–H groups in total. The number of carbonyl (C=O) groups excluding carboxylic acids is 1. The van der Waals surface area contributed by atoms with Crippen molar-refractivity contribution in [2.75, 3.05) is 24.9 Å². The van der Waals surface area contributed by atoms with Crippen molar-refractivity contribution >= 4 is 23.5 Å². The molecule has 2 aromatic carbocycles. The van der Waals surface area contributed by atoms with Crippen molar-refractivity contribution in [3.63, 3.8) is 0 Å². The molecule has 0 spiro atoms. The number of alkyl halides is 3. The highest BCUT2D eigenvalue weighted by Gasteiger charge is 2.39. The number of aromatic nitrogens is 3. The molecule has 0 aliphatic rings. The Morgan fingerprint density at radius 2 is 1.58 bits per heavy atom. The van der Waals surface area contributed by atoms with Crippen LogP contribution in [0, 0.1) is 5.82 Å². The number of halogens is 4. The number of carboxylic acids is 1. The Labute approximate surface area is 214 Å². The Morgan fingerprint density at radius 3 is 2.08 bits per heavy atom. The van der Waals surface area contributed by atoms with Crippen molar-refractivity contribution in [2.24, 2.45) is 0 Å². The number of nitrogens with one attached hydrogen (secondary N) is 2. The van der Waals surface area contributed by atoms with Crippen LogP contribution in [0.4, 0.5) is 29.2 Å². The molecular formula is C24H23F4N5O5. The summed E-state index contributed by atoms with van der Waals surface area (Å²) in [5.41, 5.74) is -3.55. The molecule has 38 heavy (non-hydrogen) atoms. The van der Waals surface area contributed by atoms with Gasteiger partial charge in [-0.05, 0) is 36.2 Å². The van der Waals surface area contributed by atoms with Gasteiger partial charge in [0.25, 0.3) is 5.91 Å². The fourth-order valence-corrected chi connectivity index (χ4v) is 3.57. The number of amides is 1. The molecule has 0 bridgehead atoms. The monoisotopic (exact) mass is 537 g/mol. The normalized spacial score (nSPS) is 12.8. The van der Waals surface area contributed by atoms with Gasteiger partial charge in [-0.3, -0.25) is 4.79 Å². The van der Waals surface area contributed by atoms with Crippen LogP contribution in [-0.4, -0.2) is 51.7 Å². The Kier molecular flexibility index (Phi) is 8.33. The van der Waals surface area contributed by atoms with Crippen LogP contribution in [-0.2, 0) is 17.4 Å². The quantitative estimate of drug-likeness (QED) is 0.325. The molecule has 0 saturated carbocycles. The van der Waals surface area contributed by atoms with Crippen LogP contribution in [0.2, 0.25) is 0 Å². The van der Waals surface area contributed by atoms with Gasteiger partial charge >= 0.3 is 24.2 Å². The molecule has 0 aliphatic heterocycles. The van der Waals surface area contributed by atoms with E-state index < -0.39 is 40.5 Å². The summed E-state index contributed by atoms with van der Waals surface area (Å²) in [5.74, 6) is -3.92. The third-order valence-corrected chi connectivity index (χ3v) is 5.59. The Morgan fingerprint density at radius 1 is 0.974 bits per heavy atom. The topological polar surface area (TPSA) is 136 Å². The molecule has 14 heteroatoms. The predicted molar refractivity (Wildman–Crippen MR) is 127 cm³/mol. The van der Waals surface area contributed by atoms with Crippen molar-refractivity contribution in [3.05, 3.63) is 65.0 Å². The van der Waals surface area contributed by atoms with Gasteiger partial charge in [0.15, 0.2) is 0 Å². The van der Waals surface area contributed by atoms with Crippen LogP contribution in [0.1, 0.15) is 34.8 Å². The Hall–Kier alpha value is -4.49. The summed E-state index contributed by atoms with van der Waals surface area (Å²) in [6.45, 7) is 1.64. The van der Waals surface area contributed by atoms with Gasteiger partial charge in [-0.2, -0.15) is 23.1 Å². The summed E-state index contributed by atoms with van der Waals surface area (Å²) < 4.78 is 63.8. The zero-order valence-corrected chi connectivity index (χ0v) is 20.4. The summed E-state index contributed by atoms with van der Waals surface area (Å²) >= 11 is 0. The van der Waals surface area contributed by atoms with E-state index in [9.17, 15) is 32.3 Å². The van der Waals surface area contributed by atoms with Crippen molar-refractivity contribution in [2.45, 2.75) is 31.5 Å². The fraction of sp³-hybridized carbons (Fsp3) is 0.292. The molecule has 3 rings (SSSR count). The van der Waals surface area contributed by atoms with Crippen molar-refractivity contribution in [1.82, 2.24) is 15.0 Å². The molecular weight excluding hydrogens is 514 g/mol. The summed E-state index contributed by atoms with van der Waals surface area (Å²) in [5, 5.41) is 15.1. The number of benzene rings is 2. The molecule has 10 nitrogen and oxygen atoms in total. The van der Waals surface area contributed by atoms with Crippen LogP contribution >= 0.6 is 0 Å². The SMILES string of the molecule is CC[C@@](Cc1ccc(NC(=O)c2c(F)cccc2C(F)(F)F)cc1)(Nc1nc(OC)nc(OC)n1)C(=O)O. The second-order valence-corrected chi connectivity index (χ2v) is 7.99. The highest BCUT2D eigenvalue weighted by Crippen LogP contribution is 2.33. The van der Waals surface area contributed by atoms with Gasteiger partial charge in [0.1, 0.15) is 11.4 Å². The molecule has 0 radical (unpaired) electrons. The van der Waals surface area contributed by atoms with Crippen LogP contribution < -0.4 is 20.1 Å². The van der Waals surface area contributed by atoms with Gasteiger partial charge < -0.3 is 25.2 Å². The van der Waals surface area contributed by atoms with Crippen LogP contribution in [0.3, 0.4) is 0 Å². The van der Waals surface area contributed by atoms with Crippen LogP contribution in [0.5, 0.6) is 12.0 Å². The average Bonchev–Trinajstić information content (AvgIpc) is 2.88. The lowest BCUT2D eigenvalue weighted by Gasteiger charge is -2.29. The smallest absolute Gasteiger partial charge is 0.417 e. The third-order valence-electron chi connectivity index (χ3n) is 5.59. The molecule has 0 unspecified atom stereocenters. The average molecular weight is 537 g/mol. The standard InChI is InChI=1S/C24H23F4N5O5/c1-4-23(19(35)36,33-20-30-21(37-2)32-22(31-20)38-3)12-13-8-10-14(11-9-13)29-18(34)17-15(24(26,27)28)6-5-7-16(17)25/h5-11H,4,12H2,1-3H3,(H,29,34)(H,35,36)(H,30,31,32,33)/t23-/m0/s1. The first kappa shape index (κ1) is 28.1. The van der Waals surface area contributed by atoms with Gasteiger partial charge in [-0.1, -0.05) is 25.1 Å². The minimum absolute atomic E-state index is 0.0745. The van der Waals surface area contributed by atoms with Crippen LogP contribution in [0.25, 0.3) is 0 Å². The van der Waals surface area contributed by atoms with Gasteiger partial charge in [0.05, 0.1) is 25.3 Å². The molecule has 0 fully saturated rings. The zero-order chi connectivity index (χ0) is 28.1. The Balaban J connectivity index is 1.83. The molecule has 0 aliphatic carbocycles. The van der Waals surface area contributed by atoms with Crippen molar-refractivity contribution in [3.8, 4) is 12.0 Å². The first-order valence-corrected chi connectivity index (χ1v) is 11.0. The zero-order valence-electron chi connectivity index (χ0n) is 20.4. The lowest BCUT2D eigenvalue weighted by Crippen LogP contribution is -2.48. The number of hydrogen-bond donors (Lipinski definition) is 3. The van der Waals surface area contributed by atoms with E-state index in [1.807, 2.05) is 0 Å². The van der Waals surface area contributed by atoms with E-state index in [1.165, 1.54) is 38.5 Å². The first-order chi connectivity index (χ1) is 17.9. The van der Waals surface area contributed by atoms with Gasteiger partial charge in [0.2, 0.25) is 5.95 Å². The summed E-state index contributed by atoms with van der Waals surface area (Å²) in [6, 6.07) is 7.71. The number of methoxy groups -OCH3 is 2. The predicted octanol–water partition coefficient (Wildman–Crippen LogP) is 4.19. The van der Waals surface area contributed by atoms with Gasteiger partial charge in [-0.15, -0.1) is 4.98 Å². The second-order valence-electron chi connectivity index (χ2n) is 7.99. The van der Waals surface area contributed by atoms with E-state index >= 15 is 0 Å². The molecule has 3 aromatic rings. The summed E-state index contributed by atoms with van der Waals surface area (Å²) in [6.07, 6.45) is -4.92. The Bertz CT molecular complexity index is 1300. The maximum atomic E-state index is 14.1. The van der Waals surface area contributed by atoms with E-state index in [0.29, 0.717) is 11.6 Å². The number of rotatable bonds is 10. The molecule has 1 heterocycles. The lowest BCUT2D eigenvalue weighted by molar-refractivity contribution is -0.142. The van der Waals surface area contributed by atoms with Crippen molar-refractivity contribution in [1.29, 1.82) is 0 Å². The summed E-state index contributed by atoms with van der Waals surface area (Å²) in [7, 11) is 2.64.